The van der Waals surface area contributed by atoms with E-state index in [-0.39, 0.29) is 49.1 Å². The van der Waals surface area contributed by atoms with Crippen molar-refractivity contribution < 1.29 is 46.6 Å². The van der Waals surface area contributed by atoms with E-state index in [9.17, 15) is 24.2 Å². The predicted molar refractivity (Wildman–Crippen MR) is 176 cm³/mol. The molecule has 1 saturated heterocycles. The zero-order valence-electron chi connectivity index (χ0n) is 26.2. The first-order valence-electron chi connectivity index (χ1n) is 14.7. The van der Waals surface area contributed by atoms with Crippen molar-refractivity contribution in [2.24, 2.45) is 5.92 Å². The van der Waals surface area contributed by atoms with Crippen molar-refractivity contribution in [2.75, 3.05) is 25.1 Å². The molecule has 270 valence electrons. The molecule has 0 aliphatic carbocycles. The molecule has 5 rings (SSSR count). The molecule has 1 fully saturated rings. The average Bonchev–Trinajstić information content (AvgIpc) is 3.88. The molecule has 0 spiro atoms. The Hall–Kier alpha value is -3.39. The van der Waals surface area contributed by atoms with Gasteiger partial charge in [-0.25, -0.2) is 19.0 Å². The van der Waals surface area contributed by atoms with Gasteiger partial charge in [-0.1, -0.05) is 13.8 Å². The molecule has 0 radical (unpaired) electrons. The first kappa shape index (κ1) is 37.9. The number of aromatic amines is 1. The van der Waals surface area contributed by atoms with Crippen LogP contribution in [0.2, 0.25) is 0 Å². The molecule has 25 heteroatoms. The number of aromatic nitrogens is 8. The fourth-order valence-electron chi connectivity index (χ4n) is 4.55. The summed E-state index contributed by atoms with van der Waals surface area (Å²) in [5.41, 5.74) is 0.564. The predicted octanol–water partition coefficient (Wildman–Crippen LogP) is 1.81. The Bertz CT molecular complexity index is 1970. The van der Waals surface area contributed by atoms with E-state index < -0.39 is 70.2 Å². The minimum atomic E-state index is -3.72. The smallest absolute Gasteiger partial charge is 0.327 e. The van der Waals surface area contributed by atoms with E-state index in [1.165, 1.54) is 16.0 Å². The number of hydrogen-bond donors (Lipinski definition) is 4. The third-order valence-corrected chi connectivity index (χ3v) is 10.6. The number of carbonyl (C=O) groups excluding carboxylic acids is 1. The zero-order valence-corrected chi connectivity index (χ0v) is 29.8. The summed E-state index contributed by atoms with van der Waals surface area (Å²) in [6, 6.07) is 1.91. The summed E-state index contributed by atoms with van der Waals surface area (Å²) in [7, 11) is -3.72. The number of halogens is 1. The van der Waals surface area contributed by atoms with Gasteiger partial charge in [-0.05, 0) is 11.8 Å². The number of fused-ring (bicyclic) bond motifs is 1. The summed E-state index contributed by atoms with van der Waals surface area (Å²) >= 11 is 6.84. The molecule has 1 aliphatic rings. The number of H-pyrrole nitrogens is 1. The van der Waals surface area contributed by atoms with Gasteiger partial charge >= 0.3 is 15.0 Å². The Morgan fingerprint density at radius 3 is 2.80 bits per heavy atom. The molecular weight excluding hydrogens is 745 g/mol. The molecule has 4 N–H and O–H groups in total. The molecule has 0 bridgehead atoms. The number of nitrogens with one attached hydrogen (secondary N) is 2. The van der Waals surface area contributed by atoms with Crippen molar-refractivity contribution in [3.05, 3.63) is 34.2 Å². The molecule has 1 amide bonds. The third-order valence-electron chi connectivity index (χ3n) is 6.93. The molecule has 5 heterocycles. The lowest BCUT2D eigenvalue weighted by molar-refractivity contribution is -0.118. The fourth-order valence-corrected chi connectivity index (χ4v) is 7.38. The SMILES string of the molecule is CC(C)C(=O)Nc1nc2c(ncn2[C@@H]2O[C@H](COP(=S)(OCCC#N)OCCn3nc(-c4cncs4)nc3CO)[C@@H](F)[C@H]2O[PH](=O)O)c(=O)[nH]1. The fraction of sp³-hybridized carbons (Fsp3) is 0.520. The number of ether oxygens (including phenoxy) is 1. The van der Waals surface area contributed by atoms with Gasteiger partial charge in [0.25, 0.3) is 5.56 Å². The summed E-state index contributed by atoms with van der Waals surface area (Å²) < 4.78 is 58.3. The second kappa shape index (κ2) is 16.8. The van der Waals surface area contributed by atoms with Crippen LogP contribution in [0.15, 0.2) is 22.8 Å². The van der Waals surface area contributed by atoms with Crippen LogP contribution in [-0.4, -0.2) is 93.4 Å². The lowest BCUT2D eigenvalue weighted by atomic mass is 10.1. The molecule has 20 nitrogen and oxygen atoms in total. The van der Waals surface area contributed by atoms with Gasteiger partial charge in [-0.3, -0.25) is 38.5 Å². The highest BCUT2D eigenvalue weighted by Crippen LogP contribution is 2.51. The highest BCUT2D eigenvalue weighted by molar-refractivity contribution is 8.07. The lowest BCUT2D eigenvalue weighted by Gasteiger charge is -2.23. The van der Waals surface area contributed by atoms with Crippen LogP contribution < -0.4 is 10.9 Å². The number of aliphatic hydroxyl groups is 1. The maximum absolute atomic E-state index is 15.9. The van der Waals surface area contributed by atoms with Crippen LogP contribution in [0.5, 0.6) is 0 Å². The quantitative estimate of drug-likeness (QED) is 0.0880. The topological polar surface area (TPSA) is 264 Å². The van der Waals surface area contributed by atoms with Gasteiger partial charge in [0.15, 0.2) is 35.2 Å². The summed E-state index contributed by atoms with van der Waals surface area (Å²) in [5, 5.41) is 25.6. The minimum Gasteiger partial charge on any atom is -0.388 e. The number of imidazole rings is 1. The normalized spacial score (nSPS) is 21.0. The maximum Gasteiger partial charge on any atom is 0.327 e. The number of rotatable bonds is 17. The monoisotopic (exact) mass is 776 g/mol. The number of alkyl halides is 1. The van der Waals surface area contributed by atoms with Gasteiger partial charge in [0.1, 0.15) is 18.8 Å². The second-order valence-corrected chi connectivity index (χ2v) is 15.3. The molecule has 1 aliphatic heterocycles. The van der Waals surface area contributed by atoms with Crippen LogP contribution in [0, 0.1) is 17.2 Å². The largest absolute Gasteiger partial charge is 0.388 e. The Morgan fingerprint density at radius 1 is 1.34 bits per heavy atom. The van der Waals surface area contributed by atoms with Crippen molar-refractivity contribution in [1.29, 1.82) is 5.26 Å². The van der Waals surface area contributed by atoms with Crippen molar-refractivity contribution in [2.45, 2.75) is 58.0 Å². The number of thiazole rings is 1. The number of anilines is 1. The van der Waals surface area contributed by atoms with E-state index in [0.29, 0.717) is 10.7 Å². The Balaban J connectivity index is 1.32. The van der Waals surface area contributed by atoms with Gasteiger partial charge in [0.05, 0.1) is 55.6 Å². The van der Waals surface area contributed by atoms with Gasteiger partial charge in [-0.15, -0.1) is 16.4 Å². The number of aliphatic hydroxyl groups excluding tert-OH is 1. The number of hydrogen-bond acceptors (Lipinski definition) is 17. The van der Waals surface area contributed by atoms with E-state index in [1.54, 1.807) is 25.6 Å². The molecule has 4 aromatic heterocycles. The van der Waals surface area contributed by atoms with Gasteiger partial charge in [0.2, 0.25) is 11.9 Å². The Labute approximate surface area is 291 Å². The van der Waals surface area contributed by atoms with E-state index >= 15 is 4.39 Å². The lowest BCUT2D eigenvalue weighted by Crippen LogP contribution is -2.31. The molecular formula is C25H31FN10O10P2S2. The highest BCUT2D eigenvalue weighted by Gasteiger charge is 2.49. The summed E-state index contributed by atoms with van der Waals surface area (Å²) in [5.74, 6) is -0.502. The summed E-state index contributed by atoms with van der Waals surface area (Å²) in [6.45, 7) is -1.70. The highest BCUT2D eigenvalue weighted by atomic mass is 32.5. The molecule has 2 unspecified atom stereocenters. The first-order valence-corrected chi connectivity index (χ1v) is 19.4. The maximum atomic E-state index is 15.9. The van der Waals surface area contributed by atoms with Crippen LogP contribution in [0.25, 0.3) is 21.9 Å². The second-order valence-electron chi connectivity index (χ2n) is 10.7. The summed E-state index contributed by atoms with van der Waals surface area (Å²) in [6.07, 6.45) is -4.13. The molecule has 0 aromatic carbocycles. The van der Waals surface area contributed by atoms with E-state index in [1.807, 2.05) is 6.07 Å². The Kier molecular flexibility index (Phi) is 12.7. The standard InChI is InChI=1S/C25H31FN10O10P2S2/c1-13(2)22(38)32-25-31-21-18(23(39)33-25)29-11-35(21)24-19(46-47(40)41)17(26)14(45-24)10-44-48(49,42-6-3-4-27)43-7-5-36-16(9-37)30-20(34-36)15-8-28-12-50-15/h8,11-14,17,19,24,37,47H,3,5-7,9-10H2,1-2H3,(H,40,41)(H2,31,32,33,38,39)/t14-,17-,19-,24-,48?/m1/s1. The zero-order chi connectivity index (χ0) is 36.0. The van der Waals surface area contributed by atoms with Gasteiger partial charge in [-0.2, -0.15) is 10.2 Å². The molecule has 50 heavy (non-hydrogen) atoms. The van der Waals surface area contributed by atoms with Crippen molar-refractivity contribution in [3.63, 3.8) is 0 Å². The van der Waals surface area contributed by atoms with Gasteiger partial charge < -0.3 is 28.3 Å². The minimum absolute atomic E-state index is 0.0545. The number of amides is 1. The molecule has 0 saturated carbocycles. The molecule has 6 atom stereocenters. The average molecular weight is 777 g/mol. The van der Waals surface area contributed by atoms with Crippen LogP contribution >= 0.6 is 26.3 Å². The van der Waals surface area contributed by atoms with E-state index in [4.69, 9.17) is 39.9 Å². The van der Waals surface area contributed by atoms with Crippen LogP contribution in [0.1, 0.15) is 32.3 Å². The Morgan fingerprint density at radius 2 is 2.12 bits per heavy atom. The van der Waals surface area contributed by atoms with E-state index in [2.05, 4.69) is 35.3 Å². The van der Waals surface area contributed by atoms with Crippen LogP contribution in [0.3, 0.4) is 0 Å². The van der Waals surface area contributed by atoms with Crippen molar-refractivity contribution in [3.8, 4) is 16.8 Å². The number of carbonyl (C=O) groups is 1. The van der Waals surface area contributed by atoms with Crippen molar-refractivity contribution in [1.82, 2.24) is 39.3 Å². The third kappa shape index (κ3) is 8.90. The van der Waals surface area contributed by atoms with Crippen LogP contribution in [-0.2, 0) is 57.1 Å². The first-order chi connectivity index (χ1) is 23.9. The van der Waals surface area contributed by atoms with E-state index in [0.717, 1.165) is 10.9 Å². The van der Waals surface area contributed by atoms with Crippen LogP contribution in [0.4, 0.5) is 10.3 Å². The summed E-state index contributed by atoms with van der Waals surface area (Å²) in [4.78, 5) is 54.1. The van der Waals surface area contributed by atoms with Gasteiger partial charge in [0, 0.05) is 12.1 Å². The number of nitrogens with zero attached hydrogens (tertiary/aromatic N) is 8. The molecule has 4 aromatic rings. The number of nitriles is 1. The van der Waals surface area contributed by atoms with Crippen molar-refractivity contribution >= 4 is 61.1 Å².